The summed E-state index contributed by atoms with van der Waals surface area (Å²) in [4.78, 5) is 45.0. The summed E-state index contributed by atoms with van der Waals surface area (Å²) in [5.74, 6) is -0.946. The van der Waals surface area contributed by atoms with Gasteiger partial charge >= 0.3 is 0 Å². The molecule has 10 heteroatoms. The van der Waals surface area contributed by atoms with E-state index in [-0.39, 0.29) is 11.5 Å². The Labute approximate surface area is 182 Å². The Kier molecular flexibility index (Phi) is 6.86. The third kappa shape index (κ3) is 5.72. The van der Waals surface area contributed by atoms with Crippen LogP contribution in [0.2, 0.25) is 0 Å². The number of rotatable bonds is 8. The zero-order chi connectivity index (χ0) is 23.1. The molecule has 0 bridgehead atoms. The standard InChI is InChI=1S/C22H18N4O6/c27-21(13-6-15-4-2-1-3-5-15)23-16-7-9-17(10-8-16)24-22(28)19-12-11-18(25(29)30)14-20(19)26(31)32/h1-5,7-12,14H,6,13H2,(H,23,27)(H,24,28). The number of nitro groups is 2. The number of hydrogen-bond donors (Lipinski definition) is 2. The van der Waals surface area contributed by atoms with Crippen molar-refractivity contribution in [3.05, 3.63) is 104 Å². The number of nitrogens with zero attached hydrogens (tertiary/aromatic N) is 2. The van der Waals surface area contributed by atoms with Crippen LogP contribution < -0.4 is 10.6 Å². The Hall–Kier alpha value is -4.60. The highest BCUT2D eigenvalue weighted by Gasteiger charge is 2.24. The Morgan fingerprint density at radius 2 is 1.41 bits per heavy atom. The Bertz CT molecular complexity index is 1160. The zero-order valence-corrected chi connectivity index (χ0v) is 16.7. The lowest BCUT2D eigenvalue weighted by Gasteiger charge is -2.08. The molecule has 10 nitrogen and oxygen atoms in total. The van der Waals surface area contributed by atoms with Gasteiger partial charge in [0.1, 0.15) is 5.56 Å². The summed E-state index contributed by atoms with van der Waals surface area (Å²) in [7, 11) is 0. The van der Waals surface area contributed by atoms with Crippen LogP contribution in [0, 0.1) is 20.2 Å². The monoisotopic (exact) mass is 434 g/mol. The molecule has 0 aliphatic carbocycles. The van der Waals surface area contributed by atoms with Crippen molar-refractivity contribution in [3.8, 4) is 0 Å². The fraction of sp³-hybridized carbons (Fsp3) is 0.0909. The molecule has 0 aliphatic rings. The van der Waals surface area contributed by atoms with Crippen molar-refractivity contribution < 1.29 is 19.4 Å². The number of anilines is 2. The van der Waals surface area contributed by atoms with E-state index in [1.54, 1.807) is 12.1 Å². The van der Waals surface area contributed by atoms with Gasteiger partial charge in [0, 0.05) is 23.9 Å². The molecule has 32 heavy (non-hydrogen) atoms. The van der Waals surface area contributed by atoms with E-state index in [2.05, 4.69) is 10.6 Å². The van der Waals surface area contributed by atoms with Crippen LogP contribution >= 0.6 is 0 Å². The van der Waals surface area contributed by atoms with Gasteiger partial charge in [-0.3, -0.25) is 29.8 Å². The van der Waals surface area contributed by atoms with Gasteiger partial charge in [-0.2, -0.15) is 0 Å². The average molecular weight is 434 g/mol. The summed E-state index contributed by atoms with van der Waals surface area (Å²) in [6.07, 6.45) is 0.918. The van der Waals surface area contributed by atoms with E-state index >= 15 is 0 Å². The lowest BCUT2D eigenvalue weighted by molar-refractivity contribution is -0.394. The van der Waals surface area contributed by atoms with Crippen molar-refractivity contribution in [2.45, 2.75) is 12.8 Å². The van der Waals surface area contributed by atoms with Crippen LogP contribution in [0.3, 0.4) is 0 Å². The number of carbonyl (C=O) groups is 2. The molecule has 162 valence electrons. The molecule has 0 spiro atoms. The molecule has 0 unspecified atom stereocenters. The highest BCUT2D eigenvalue weighted by molar-refractivity contribution is 6.07. The van der Waals surface area contributed by atoms with E-state index in [1.807, 2.05) is 30.3 Å². The first-order valence-electron chi connectivity index (χ1n) is 9.51. The SMILES string of the molecule is O=C(CCc1ccccc1)Nc1ccc(NC(=O)c2ccc([N+](=O)[O-])cc2[N+](=O)[O-])cc1. The van der Waals surface area contributed by atoms with Gasteiger partial charge < -0.3 is 10.6 Å². The minimum Gasteiger partial charge on any atom is -0.326 e. The molecular weight excluding hydrogens is 416 g/mol. The quantitative estimate of drug-likeness (QED) is 0.399. The smallest absolute Gasteiger partial charge is 0.289 e. The van der Waals surface area contributed by atoms with Crippen LogP contribution in [-0.2, 0) is 11.2 Å². The maximum absolute atomic E-state index is 12.4. The Morgan fingerprint density at radius 3 is 2.00 bits per heavy atom. The Morgan fingerprint density at radius 1 is 0.781 bits per heavy atom. The molecule has 3 aromatic rings. The van der Waals surface area contributed by atoms with Gasteiger partial charge in [-0.25, -0.2) is 0 Å². The summed E-state index contributed by atoms with van der Waals surface area (Å²) in [5, 5.41) is 27.3. The van der Waals surface area contributed by atoms with Crippen LogP contribution in [0.4, 0.5) is 22.7 Å². The summed E-state index contributed by atoms with van der Waals surface area (Å²) < 4.78 is 0. The number of non-ortho nitro benzene ring substituents is 1. The van der Waals surface area contributed by atoms with Gasteiger partial charge in [-0.05, 0) is 42.3 Å². The summed E-state index contributed by atoms with van der Waals surface area (Å²) in [6.45, 7) is 0. The number of aryl methyl sites for hydroxylation is 1. The predicted molar refractivity (Wildman–Crippen MR) is 118 cm³/mol. The molecule has 2 amide bonds. The molecule has 0 aliphatic heterocycles. The van der Waals surface area contributed by atoms with Gasteiger partial charge in [0.05, 0.1) is 15.9 Å². The summed E-state index contributed by atoms with van der Waals surface area (Å²) in [5.41, 5.74) is 0.465. The highest BCUT2D eigenvalue weighted by Crippen LogP contribution is 2.25. The van der Waals surface area contributed by atoms with E-state index in [0.717, 1.165) is 23.8 Å². The van der Waals surface area contributed by atoms with E-state index in [9.17, 15) is 29.8 Å². The van der Waals surface area contributed by atoms with Crippen LogP contribution in [-0.4, -0.2) is 21.7 Å². The lowest BCUT2D eigenvalue weighted by Crippen LogP contribution is -2.15. The van der Waals surface area contributed by atoms with Crippen LogP contribution in [0.25, 0.3) is 0 Å². The molecular formula is C22H18N4O6. The fourth-order valence-electron chi connectivity index (χ4n) is 2.94. The molecule has 3 rings (SSSR count). The normalized spacial score (nSPS) is 10.2. The van der Waals surface area contributed by atoms with Crippen molar-refractivity contribution in [3.63, 3.8) is 0 Å². The van der Waals surface area contributed by atoms with Crippen LogP contribution in [0.15, 0.2) is 72.8 Å². The number of amides is 2. The third-order valence-electron chi connectivity index (χ3n) is 4.54. The number of benzene rings is 3. The van der Waals surface area contributed by atoms with Crippen molar-refractivity contribution in [2.75, 3.05) is 10.6 Å². The molecule has 0 fully saturated rings. The van der Waals surface area contributed by atoms with E-state index in [4.69, 9.17) is 0 Å². The summed E-state index contributed by atoms with van der Waals surface area (Å²) in [6, 6.07) is 18.6. The van der Waals surface area contributed by atoms with Crippen molar-refractivity contribution >= 4 is 34.6 Å². The second kappa shape index (κ2) is 9.94. The maximum atomic E-state index is 12.4. The highest BCUT2D eigenvalue weighted by atomic mass is 16.6. The fourth-order valence-corrected chi connectivity index (χ4v) is 2.94. The van der Waals surface area contributed by atoms with E-state index < -0.39 is 27.1 Å². The molecule has 0 aromatic heterocycles. The topological polar surface area (TPSA) is 144 Å². The van der Waals surface area contributed by atoms with E-state index in [1.165, 1.54) is 12.1 Å². The summed E-state index contributed by atoms with van der Waals surface area (Å²) >= 11 is 0. The largest absolute Gasteiger partial charge is 0.326 e. The molecule has 3 aromatic carbocycles. The van der Waals surface area contributed by atoms with Gasteiger partial charge in [0.15, 0.2) is 0 Å². The number of carbonyl (C=O) groups excluding carboxylic acids is 2. The molecule has 0 saturated heterocycles. The van der Waals surface area contributed by atoms with Gasteiger partial charge in [-0.1, -0.05) is 30.3 Å². The minimum atomic E-state index is -0.851. The number of nitro benzene ring substituents is 2. The van der Waals surface area contributed by atoms with Crippen molar-refractivity contribution in [2.24, 2.45) is 0 Å². The second-order valence-electron chi connectivity index (χ2n) is 6.78. The number of nitrogens with one attached hydrogen (secondary N) is 2. The molecule has 0 radical (unpaired) electrons. The zero-order valence-electron chi connectivity index (χ0n) is 16.7. The third-order valence-corrected chi connectivity index (χ3v) is 4.54. The van der Waals surface area contributed by atoms with Crippen LogP contribution in [0.5, 0.6) is 0 Å². The first kappa shape index (κ1) is 22.1. The predicted octanol–water partition coefficient (Wildman–Crippen LogP) is 4.33. The molecule has 2 N–H and O–H groups in total. The minimum absolute atomic E-state index is 0.160. The van der Waals surface area contributed by atoms with Gasteiger partial charge in [-0.15, -0.1) is 0 Å². The first-order chi connectivity index (χ1) is 15.3. The molecule has 0 saturated carbocycles. The maximum Gasteiger partial charge on any atom is 0.289 e. The second-order valence-corrected chi connectivity index (χ2v) is 6.78. The lowest BCUT2D eigenvalue weighted by atomic mass is 10.1. The van der Waals surface area contributed by atoms with Gasteiger partial charge in [0.25, 0.3) is 17.3 Å². The number of hydrogen-bond acceptors (Lipinski definition) is 6. The van der Waals surface area contributed by atoms with Gasteiger partial charge in [0.2, 0.25) is 5.91 Å². The van der Waals surface area contributed by atoms with E-state index in [0.29, 0.717) is 24.2 Å². The molecule has 0 atom stereocenters. The van der Waals surface area contributed by atoms with Crippen molar-refractivity contribution in [1.29, 1.82) is 0 Å². The van der Waals surface area contributed by atoms with Crippen molar-refractivity contribution in [1.82, 2.24) is 0 Å². The average Bonchev–Trinajstić information content (AvgIpc) is 2.79. The first-order valence-corrected chi connectivity index (χ1v) is 9.51. The Balaban J connectivity index is 1.62. The van der Waals surface area contributed by atoms with Crippen LogP contribution in [0.1, 0.15) is 22.3 Å². The molecule has 0 heterocycles.